The van der Waals surface area contributed by atoms with E-state index in [0.717, 1.165) is 11.3 Å². The molecule has 0 aliphatic rings. The van der Waals surface area contributed by atoms with Crippen molar-refractivity contribution in [3.63, 3.8) is 0 Å². The summed E-state index contributed by atoms with van der Waals surface area (Å²) < 4.78 is 5.62. The van der Waals surface area contributed by atoms with Crippen molar-refractivity contribution in [2.45, 2.75) is 6.92 Å². The van der Waals surface area contributed by atoms with Gasteiger partial charge in [0.25, 0.3) is 0 Å². The first-order valence-corrected chi connectivity index (χ1v) is 6.12. The summed E-state index contributed by atoms with van der Waals surface area (Å²) in [5.41, 5.74) is 2.44. The minimum absolute atomic E-state index is 0.321. The van der Waals surface area contributed by atoms with Crippen LogP contribution in [0, 0.1) is 0 Å². The lowest BCUT2D eigenvalue weighted by molar-refractivity contribution is 0.0525. The Balaban J connectivity index is 2.34. The standard InChI is InChI=1S/C13H12BrNO2/c1-2-17-13(16)10-8-11(15-12(10)14)9-6-4-3-5-7-9/h3-8,15H,2H2,1H3. The van der Waals surface area contributed by atoms with Gasteiger partial charge < -0.3 is 9.72 Å². The highest BCUT2D eigenvalue weighted by atomic mass is 79.9. The summed E-state index contributed by atoms with van der Waals surface area (Å²) in [5.74, 6) is -0.321. The topological polar surface area (TPSA) is 42.1 Å². The largest absolute Gasteiger partial charge is 0.462 e. The molecule has 0 bridgehead atoms. The van der Waals surface area contributed by atoms with Gasteiger partial charge in [0.15, 0.2) is 0 Å². The van der Waals surface area contributed by atoms with Gasteiger partial charge in [0.1, 0.15) is 0 Å². The lowest BCUT2D eigenvalue weighted by Crippen LogP contribution is -2.03. The number of carbonyl (C=O) groups is 1. The van der Waals surface area contributed by atoms with Crippen LogP contribution in [0.3, 0.4) is 0 Å². The predicted octanol–water partition coefficient (Wildman–Crippen LogP) is 3.62. The average molecular weight is 294 g/mol. The number of rotatable bonds is 3. The molecule has 3 nitrogen and oxygen atoms in total. The Kier molecular flexibility index (Phi) is 3.64. The summed E-state index contributed by atoms with van der Waals surface area (Å²) >= 11 is 3.33. The lowest BCUT2D eigenvalue weighted by atomic mass is 10.1. The zero-order chi connectivity index (χ0) is 12.3. The highest BCUT2D eigenvalue weighted by molar-refractivity contribution is 9.10. The molecule has 0 amide bonds. The van der Waals surface area contributed by atoms with Crippen LogP contribution in [-0.4, -0.2) is 17.6 Å². The molecular formula is C13H12BrNO2. The molecule has 2 aromatic rings. The monoisotopic (exact) mass is 293 g/mol. The summed E-state index contributed by atoms with van der Waals surface area (Å²) in [6.45, 7) is 2.16. The van der Waals surface area contributed by atoms with E-state index in [-0.39, 0.29) is 5.97 Å². The van der Waals surface area contributed by atoms with Crippen LogP contribution in [0.15, 0.2) is 41.0 Å². The highest BCUT2D eigenvalue weighted by Crippen LogP contribution is 2.25. The number of ether oxygens (including phenoxy) is 1. The number of aromatic amines is 1. The Morgan fingerprint density at radius 3 is 2.71 bits per heavy atom. The van der Waals surface area contributed by atoms with E-state index in [4.69, 9.17) is 4.74 Å². The van der Waals surface area contributed by atoms with E-state index in [1.165, 1.54) is 0 Å². The third-order valence-electron chi connectivity index (χ3n) is 2.35. The van der Waals surface area contributed by atoms with Crippen LogP contribution in [0.1, 0.15) is 17.3 Å². The van der Waals surface area contributed by atoms with Crippen molar-refractivity contribution in [1.82, 2.24) is 4.98 Å². The number of carbonyl (C=O) groups excluding carboxylic acids is 1. The van der Waals surface area contributed by atoms with Crippen LogP contribution in [0.2, 0.25) is 0 Å². The van der Waals surface area contributed by atoms with E-state index in [2.05, 4.69) is 20.9 Å². The van der Waals surface area contributed by atoms with Crippen LogP contribution in [0.5, 0.6) is 0 Å². The normalized spacial score (nSPS) is 10.2. The number of halogens is 1. The van der Waals surface area contributed by atoms with Crippen molar-refractivity contribution in [3.8, 4) is 11.3 Å². The Morgan fingerprint density at radius 1 is 1.35 bits per heavy atom. The zero-order valence-electron chi connectivity index (χ0n) is 9.37. The van der Waals surface area contributed by atoms with Gasteiger partial charge in [0.05, 0.1) is 16.8 Å². The number of nitrogens with one attached hydrogen (secondary N) is 1. The molecule has 0 atom stereocenters. The molecule has 0 aliphatic carbocycles. The maximum Gasteiger partial charge on any atom is 0.340 e. The number of H-pyrrole nitrogens is 1. The van der Waals surface area contributed by atoms with Gasteiger partial charge in [0.2, 0.25) is 0 Å². The van der Waals surface area contributed by atoms with Crippen molar-refractivity contribution in [3.05, 3.63) is 46.6 Å². The van der Waals surface area contributed by atoms with E-state index in [1.54, 1.807) is 13.0 Å². The molecule has 1 aromatic carbocycles. The maximum absolute atomic E-state index is 11.6. The number of benzene rings is 1. The summed E-state index contributed by atoms with van der Waals surface area (Å²) in [7, 11) is 0. The number of hydrogen-bond acceptors (Lipinski definition) is 2. The van der Waals surface area contributed by atoms with Gasteiger partial charge in [-0.25, -0.2) is 4.79 Å². The van der Waals surface area contributed by atoms with Gasteiger partial charge in [-0.3, -0.25) is 0 Å². The van der Waals surface area contributed by atoms with E-state index in [9.17, 15) is 4.79 Å². The van der Waals surface area contributed by atoms with Crippen molar-refractivity contribution >= 4 is 21.9 Å². The lowest BCUT2D eigenvalue weighted by Gasteiger charge is -1.98. The van der Waals surface area contributed by atoms with Crippen LogP contribution < -0.4 is 0 Å². The van der Waals surface area contributed by atoms with Crippen LogP contribution in [0.25, 0.3) is 11.3 Å². The molecule has 17 heavy (non-hydrogen) atoms. The first-order valence-electron chi connectivity index (χ1n) is 5.33. The first kappa shape index (κ1) is 11.9. The fourth-order valence-corrected chi connectivity index (χ4v) is 2.05. The molecule has 88 valence electrons. The summed E-state index contributed by atoms with van der Waals surface area (Å²) in [5, 5.41) is 0. The van der Waals surface area contributed by atoms with E-state index in [1.807, 2.05) is 30.3 Å². The van der Waals surface area contributed by atoms with Gasteiger partial charge in [0, 0.05) is 5.69 Å². The molecule has 0 saturated carbocycles. The molecule has 0 fully saturated rings. The summed E-state index contributed by atoms with van der Waals surface area (Å²) in [4.78, 5) is 14.8. The number of aromatic nitrogens is 1. The van der Waals surface area contributed by atoms with Gasteiger partial charge in [-0.1, -0.05) is 30.3 Å². The molecular weight excluding hydrogens is 282 g/mol. The van der Waals surface area contributed by atoms with Crippen molar-refractivity contribution in [2.75, 3.05) is 6.61 Å². The van der Waals surface area contributed by atoms with Gasteiger partial charge in [-0.2, -0.15) is 0 Å². The van der Waals surface area contributed by atoms with Crippen LogP contribution in [0.4, 0.5) is 0 Å². The molecule has 0 saturated heterocycles. The van der Waals surface area contributed by atoms with Gasteiger partial charge in [-0.05, 0) is 34.5 Å². The molecule has 1 heterocycles. The Bertz CT molecular complexity index is 519. The van der Waals surface area contributed by atoms with Crippen molar-refractivity contribution < 1.29 is 9.53 Å². The van der Waals surface area contributed by atoms with Crippen LogP contribution >= 0.6 is 15.9 Å². The first-order chi connectivity index (χ1) is 8.22. The van der Waals surface area contributed by atoms with Crippen molar-refractivity contribution in [2.24, 2.45) is 0 Å². The third kappa shape index (κ3) is 2.58. The molecule has 2 rings (SSSR count). The van der Waals surface area contributed by atoms with Crippen LogP contribution in [-0.2, 0) is 4.74 Å². The molecule has 0 aliphatic heterocycles. The summed E-state index contributed by atoms with van der Waals surface area (Å²) in [6.07, 6.45) is 0. The van der Waals surface area contributed by atoms with Gasteiger partial charge >= 0.3 is 5.97 Å². The molecule has 0 spiro atoms. The SMILES string of the molecule is CCOC(=O)c1cc(-c2ccccc2)[nH]c1Br. The van der Waals surface area contributed by atoms with Gasteiger partial charge in [-0.15, -0.1) is 0 Å². The van der Waals surface area contributed by atoms with E-state index >= 15 is 0 Å². The quantitative estimate of drug-likeness (QED) is 0.878. The molecule has 1 aromatic heterocycles. The Morgan fingerprint density at radius 2 is 2.06 bits per heavy atom. The molecule has 0 radical (unpaired) electrons. The van der Waals surface area contributed by atoms with E-state index in [0.29, 0.717) is 16.8 Å². The highest BCUT2D eigenvalue weighted by Gasteiger charge is 2.15. The fourth-order valence-electron chi connectivity index (χ4n) is 1.56. The Hall–Kier alpha value is -1.55. The second-order valence-electron chi connectivity index (χ2n) is 3.50. The maximum atomic E-state index is 11.6. The molecule has 0 unspecified atom stereocenters. The Labute approximate surface area is 108 Å². The summed E-state index contributed by atoms with van der Waals surface area (Å²) in [6, 6.07) is 11.6. The smallest absolute Gasteiger partial charge is 0.340 e. The second-order valence-corrected chi connectivity index (χ2v) is 4.29. The van der Waals surface area contributed by atoms with Crippen molar-refractivity contribution in [1.29, 1.82) is 0 Å². The second kappa shape index (κ2) is 5.19. The number of hydrogen-bond donors (Lipinski definition) is 1. The third-order valence-corrected chi connectivity index (χ3v) is 2.98. The minimum Gasteiger partial charge on any atom is -0.462 e. The molecule has 1 N–H and O–H groups in total. The average Bonchev–Trinajstić information content (AvgIpc) is 2.73. The van der Waals surface area contributed by atoms with E-state index < -0.39 is 0 Å². The number of esters is 1. The minimum atomic E-state index is -0.321. The molecule has 4 heteroatoms. The fraction of sp³-hybridized carbons (Fsp3) is 0.154. The predicted molar refractivity (Wildman–Crippen MR) is 69.9 cm³/mol. The zero-order valence-corrected chi connectivity index (χ0v) is 11.0.